The Morgan fingerprint density at radius 1 is 1.21 bits per heavy atom. The van der Waals surface area contributed by atoms with E-state index in [-0.39, 0.29) is 0 Å². The average molecular weight is 276 g/mol. The molecule has 2 unspecified atom stereocenters. The van der Waals surface area contributed by atoms with Gasteiger partial charge >= 0.3 is 0 Å². The van der Waals surface area contributed by atoms with E-state index in [1.807, 2.05) is 30.5 Å². The van der Waals surface area contributed by atoms with E-state index in [0.717, 1.165) is 29.3 Å². The zero-order valence-electron chi connectivity index (χ0n) is 10.8. The number of anilines is 1. The molecule has 4 heteroatoms. The highest BCUT2D eigenvalue weighted by Gasteiger charge is 2.26. The fourth-order valence-electron chi connectivity index (χ4n) is 2.87. The number of alkyl halides is 1. The predicted octanol–water partition coefficient (Wildman–Crippen LogP) is 3.70. The molecular formula is C15H18ClN3. The summed E-state index contributed by atoms with van der Waals surface area (Å²) in [4.78, 5) is 8.90. The smallest absolute Gasteiger partial charge is 0.223 e. The van der Waals surface area contributed by atoms with E-state index >= 15 is 0 Å². The number of nitrogens with zero attached hydrogens (tertiary/aromatic N) is 2. The maximum absolute atomic E-state index is 6.00. The zero-order chi connectivity index (χ0) is 13.1. The molecule has 1 aromatic carbocycles. The van der Waals surface area contributed by atoms with Gasteiger partial charge in [0.15, 0.2) is 0 Å². The van der Waals surface area contributed by atoms with Gasteiger partial charge < -0.3 is 5.32 Å². The summed E-state index contributed by atoms with van der Waals surface area (Å²) < 4.78 is 0. The highest BCUT2D eigenvalue weighted by Crippen LogP contribution is 2.32. The van der Waals surface area contributed by atoms with Crippen molar-refractivity contribution >= 4 is 28.5 Å². The average Bonchev–Trinajstić information content (AvgIpc) is 2.92. The van der Waals surface area contributed by atoms with E-state index < -0.39 is 0 Å². The molecule has 0 aliphatic heterocycles. The molecule has 0 radical (unpaired) electrons. The molecule has 1 N–H and O–H groups in total. The van der Waals surface area contributed by atoms with Crippen molar-refractivity contribution in [2.45, 2.75) is 19.3 Å². The number of rotatable bonds is 4. The van der Waals surface area contributed by atoms with Crippen LogP contribution in [0.15, 0.2) is 30.5 Å². The maximum Gasteiger partial charge on any atom is 0.223 e. The molecule has 0 amide bonds. The SMILES string of the molecule is ClCC1CCCC1CNc1ncc2ccccc2n1. The number of aromatic nitrogens is 2. The van der Waals surface area contributed by atoms with Crippen LogP contribution < -0.4 is 5.32 Å². The molecule has 1 fully saturated rings. The lowest BCUT2D eigenvalue weighted by Gasteiger charge is -2.17. The fourth-order valence-corrected chi connectivity index (χ4v) is 3.27. The number of benzene rings is 1. The van der Waals surface area contributed by atoms with Crippen LogP contribution in [0.25, 0.3) is 10.9 Å². The molecule has 19 heavy (non-hydrogen) atoms. The van der Waals surface area contributed by atoms with E-state index in [4.69, 9.17) is 11.6 Å². The Bertz CT molecular complexity index is 558. The van der Waals surface area contributed by atoms with Crippen LogP contribution in [0.4, 0.5) is 5.95 Å². The third kappa shape index (κ3) is 2.81. The monoisotopic (exact) mass is 275 g/mol. The summed E-state index contributed by atoms with van der Waals surface area (Å²) in [5.41, 5.74) is 0.986. The number of halogens is 1. The van der Waals surface area contributed by atoms with Crippen LogP contribution in [0.5, 0.6) is 0 Å². The number of nitrogens with one attached hydrogen (secondary N) is 1. The summed E-state index contributed by atoms with van der Waals surface area (Å²) in [6.07, 6.45) is 5.69. The Morgan fingerprint density at radius 2 is 2.05 bits per heavy atom. The Hall–Kier alpha value is -1.35. The first-order chi connectivity index (χ1) is 9.36. The van der Waals surface area contributed by atoms with E-state index in [2.05, 4.69) is 15.3 Å². The second-order valence-corrected chi connectivity index (χ2v) is 5.55. The Labute approximate surface area is 118 Å². The van der Waals surface area contributed by atoms with Gasteiger partial charge in [0.2, 0.25) is 5.95 Å². The fraction of sp³-hybridized carbons (Fsp3) is 0.467. The quantitative estimate of drug-likeness (QED) is 0.865. The van der Waals surface area contributed by atoms with Gasteiger partial charge in [-0.1, -0.05) is 24.6 Å². The Kier molecular flexibility index (Phi) is 3.83. The summed E-state index contributed by atoms with van der Waals surface area (Å²) in [7, 11) is 0. The van der Waals surface area contributed by atoms with Crippen LogP contribution in [0.1, 0.15) is 19.3 Å². The van der Waals surface area contributed by atoms with Crippen molar-refractivity contribution in [2.75, 3.05) is 17.7 Å². The highest BCUT2D eigenvalue weighted by atomic mass is 35.5. The number of fused-ring (bicyclic) bond motifs is 1. The van der Waals surface area contributed by atoms with Crippen molar-refractivity contribution in [1.29, 1.82) is 0 Å². The van der Waals surface area contributed by atoms with Crippen molar-refractivity contribution in [2.24, 2.45) is 11.8 Å². The molecule has 3 nitrogen and oxygen atoms in total. The summed E-state index contributed by atoms with van der Waals surface area (Å²) in [5, 5.41) is 4.44. The summed E-state index contributed by atoms with van der Waals surface area (Å²) >= 11 is 6.00. The van der Waals surface area contributed by atoms with Gasteiger partial charge in [0, 0.05) is 24.0 Å². The van der Waals surface area contributed by atoms with Crippen LogP contribution in [-0.4, -0.2) is 22.4 Å². The lowest BCUT2D eigenvalue weighted by molar-refractivity contribution is 0.443. The standard InChI is InChI=1S/C15H18ClN3/c16-8-11-5-3-6-12(11)9-17-15-18-10-13-4-1-2-7-14(13)19-15/h1-2,4,7,10-12H,3,5-6,8-9H2,(H,17,18,19). The molecule has 2 aromatic rings. The molecule has 1 saturated carbocycles. The van der Waals surface area contributed by atoms with Gasteiger partial charge in [-0.25, -0.2) is 9.97 Å². The lowest BCUT2D eigenvalue weighted by atomic mass is 9.98. The topological polar surface area (TPSA) is 37.8 Å². The molecule has 1 heterocycles. The Morgan fingerprint density at radius 3 is 2.95 bits per heavy atom. The minimum atomic E-state index is 0.648. The number of hydrogen-bond acceptors (Lipinski definition) is 3. The number of para-hydroxylation sites is 1. The summed E-state index contributed by atoms with van der Waals surface area (Å²) in [5.74, 6) is 2.80. The van der Waals surface area contributed by atoms with Gasteiger partial charge in [-0.15, -0.1) is 11.6 Å². The van der Waals surface area contributed by atoms with E-state index in [1.54, 1.807) is 0 Å². The van der Waals surface area contributed by atoms with Crippen molar-refractivity contribution in [3.8, 4) is 0 Å². The van der Waals surface area contributed by atoms with Crippen molar-refractivity contribution in [3.05, 3.63) is 30.5 Å². The van der Waals surface area contributed by atoms with Crippen molar-refractivity contribution < 1.29 is 0 Å². The maximum atomic E-state index is 6.00. The normalized spacial score (nSPS) is 22.8. The van der Waals surface area contributed by atoms with Gasteiger partial charge in [-0.05, 0) is 30.7 Å². The van der Waals surface area contributed by atoms with Crippen molar-refractivity contribution in [3.63, 3.8) is 0 Å². The highest BCUT2D eigenvalue weighted by molar-refractivity contribution is 6.18. The first kappa shape index (κ1) is 12.7. The predicted molar refractivity (Wildman–Crippen MR) is 79.6 cm³/mol. The first-order valence-corrected chi connectivity index (χ1v) is 7.42. The number of hydrogen-bond donors (Lipinski definition) is 1. The molecule has 3 rings (SSSR count). The zero-order valence-corrected chi connectivity index (χ0v) is 11.6. The molecule has 1 aromatic heterocycles. The summed E-state index contributed by atoms with van der Waals surface area (Å²) in [6.45, 7) is 0.926. The second kappa shape index (κ2) is 5.74. The van der Waals surface area contributed by atoms with Crippen LogP contribution in [0.3, 0.4) is 0 Å². The van der Waals surface area contributed by atoms with E-state index in [9.17, 15) is 0 Å². The van der Waals surface area contributed by atoms with Gasteiger partial charge in [0.1, 0.15) is 0 Å². The third-order valence-corrected chi connectivity index (χ3v) is 4.42. The largest absolute Gasteiger partial charge is 0.354 e. The van der Waals surface area contributed by atoms with Crippen LogP contribution in [0, 0.1) is 11.8 Å². The van der Waals surface area contributed by atoms with E-state index in [0.29, 0.717) is 11.8 Å². The molecule has 2 atom stereocenters. The molecule has 0 bridgehead atoms. The molecule has 0 saturated heterocycles. The molecular weight excluding hydrogens is 258 g/mol. The molecule has 0 spiro atoms. The van der Waals surface area contributed by atoms with Gasteiger partial charge in [-0.3, -0.25) is 0 Å². The van der Waals surface area contributed by atoms with Crippen LogP contribution in [-0.2, 0) is 0 Å². The van der Waals surface area contributed by atoms with E-state index in [1.165, 1.54) is 19.3 Å². The molecule has 100 valence electrons. The minimum absolute atomic E-state index is 0.648. The van der Waals surface area contributed by atoms with Gasteiger partial charge in [0.05, 0.1) is 5.52 Å². The lowest BCUT2D eigenvalue weighted by Crippen LogP contribution is -2.20. The molecule has 1 aliphatic carbocycles. The Balaban J connectivity index is 1.68. The second-order valence-electron chi connectivity index (χ2n) is 5.24. The van der Waals surface area contributed by atoms with Gasteiger partial charge in [0.25, 0.3) is 0 Å². The summed E-state index contributed by atoms with van der Waals surface area (Å²) in [6, 6.07) is 8.04. The van der Waals surface area contributed by atoms with Crippen LogP contribution in [0.2, 0.25) is 0 Å². The van der Waals surface area contributed by atoms with Crippen molar-refractivity contribution in [1.82, 2.24) is 9.97 Å². The first-order valence-electron chi connectivity index (χ1n) is 6.88. The van der Waals surface area contributed by atoms with Crippen LogP contribution >= 0.6 is 11.6 Å². The third-order valence-electron chi connectivity index (χ3n) is 4.03. The molecule has 1 aliphatic rings. The minimum Gasteiger partial charge on any atom is -0.354 e. The van der Waals surface area contributed by atoms with Gasteiger partial charge in [-0.2, -0.15) is 0 Å².